The average molecular weight is 419 g/mol. The molecule has 1 aliphatic heterocycles. The molecular formula is C26H30N2O3. The molecule has 0 bridgehead atoms. The van der Waals surface area contributed by atoms with E-state index < -0.39 is 0 Å². The molecule has 3 aromatic rings. The molecule has 5 nitrogen and oxygen atoms in total. The fourth-order valence-corrected chi connectivity index (χ4v) is 4.09. The smallest absolute Gasteiger partial charge is 0.289 e. The number of nitrogens with zero attached hydrogens (tertiary/aromatic N) is 2. The molecule has 1 aliphatic rings. The molecule has 4 rings (SSSR count). The number of rotatable bonds is 8. The summed E-state index contributed by atoms with van der Waals surface area (Å²) in [6.45, 7) is 3.81. The molecule has 162 valence electrons. The molecule has 0 atom stereocenters. The first kappa shape index (κ1) is 21.2. The second-order valence-electron chi connectivity index (χ2n) is 8.10. The Morgan fingerprint density at radius 3 is 2.42 bits per heavy atom. The highest BCUT2D eigenvalue weighted by Crippen LogP contribution is 2.20. The number of benzene rings is 2. The first-order chi connectivity index (χ1) is 15.2. The van der Waals surface area contributed by atoms with Gasteiger partial charge in [-0.25, -0.2) is 0 Å². The minimum atomic E-state index is 0.00774. The molecule has 1 saturated heterocycles. The Bertz CT molecular complexity index is 977. The fourth-order valence-electron chi connectivity index (χ4n) is 4.09. The topological polar surface area (TPSA) is 45.9 Å². The van der Waals surface area contributed by atoms with Crippen LogP contribution in [-0.4, -0.2) is 35.9 Å². The summed E-state index contributed by atoms with van der Waals surface area (Å²) >= 11 is 0. The van der Waals surface area contributed by atoms with Gasteiger partial charge in [0.2, 0.25) is 0 Å². The van der Waals surface area contributed by atoms with E-state index >= 15 is 0 Å². The summed E-state index contributed by atoms with van der Waals surface area (Å²) in [6.07, 6.45) is 3.35. The first-order valence-electron chi connectivity index (χ1n) is 11.0. The van der Waals surface area contributed by atoms with Crippen LogP contribution in [0.3, 0.4) is 0 Å². The van der Waals surface area contributed by atoms with Crippen LogP contribution in [0, 0.1) is 0 Å². The van der Waals surface area contributed by atoms with Gasteiger partial charge >= 0.3 is 0 Å². The van der Waals surface area contributed by atoms with E-state index in [1.807, 2.05) is 35.2 Å². The van der Waals surface area contributed by atoms with Crippen molar-refractivity contribution in [3.05, 3.63) is 89.4 Å². The summed E-state index contributed by atoms with van der Waals surface area (Å²) in [5.41, 5.74) is 2.41. The Hall–Kier alpha value is -3.05. The van der Waals surface area contributed by atoms with Gasteiger partial charge in [-0.15, -0.1) is 0 Å². The van der Waals surface area contributed by atoms with Crippen molar-refractivity contribution < 1.29 is 13.9 Å². The van der Waals surface area contributed by atoms with E-state index in [1.54, 1.807) is 7.11 Å². The molecule has 2 heterocycles. The maximum absolute atomic E-state index is 12.8. The van der Waals surface area contributed by atoms with E-state index in [9.17, 15) is 4.79 Å². The number of likely N-dealkylation sites (tertiary alicyclic amines) is 1. The van der Waals surface area contributed by atoms with Crippen LogP contribution in [0.1, 0.15) is 46.7 Å². The van der Waals surface area contributed by atoms with E-state index in [2.05, 4.69) is 41.3 Å². The quantitative estimate of drug-likeness (QED) is 0.510. The van der Waals surface area contributed by atoms with E-state index in [1.165, 1.54) is 17.5 Å². The summed E-state index contributed by atoms with van der Waals surface area (Å²) in [4.78, 5) is 17.0. The highest BCUT2D eigenvalue weighted by atomic mass is 16.5. The molecule has 5 heteroatoms. The van der Waals surface area contributed by atoms with Crippen molar-refractivity contribution in [2.45, 2.75) is 38.9 Å². The van der Waals surface area contributed by atoms with Gasteiger partial charge < -0.3 is 14.1 Å². The number of hydrogen-bond donors (Lipinski definition) is 0. The van der Waals surface area contributed by atoms with Crippen LogP contribution in [0.4, 0.5) is 0 Å². The monoisotopic (exact) mass is 418 g/mol. The van der Waals surface area contributed by atoms with Crippen LogP contribution in [0.15, 0.2) is 71.1 Å². The number of hydrogen-bond acceptors (Lipinski definition) is 4. The molecule has 1 amide bonds. The summed E-state index contributed by atoms with van der Waals surface area (Å²) in [6, 6.07) is 22.3. The number of piperidine rings is 1. The first-order valence-corrected chi connectivity index (χ1v) is 11.0. The lowest BCUT2D eigenvalue weighted by atomic mass is 10.1. The highest BCUT2D eigenvalue weighted by molar-refractivity contribution is 5.91. The lowest BCUT2D eigenvalue weighted by Crippen LogP contribution is -2.35. The second kappa shape index (κ2) is 10.3. The SMILES string of the molecule is COc1cccc(CN(Cc2ccccc2)Cc2ccc(C(=O)N3CCCCC3)o2)c1. The van der Waals surface area contributed by atoms with Crippen molar-refractivity contribution in [3.8, 4) is 5.75 Å². The highest BCUT2D eigenvalue weighted by Gasteiger charge is 2.21. The number of amides is 1. The lowest BCUT2D eigenvalue weighted by Gasteiger charge is -2.25. The zero-order valence-electron chi connectivity index (χ0n) is 18.1. The van der Waals surface area contributed by atoms with E-state index in [4.69, 9.17) is 9.15 Å². The van der Waals surface area contributed by atoms with E-state index in [0.717, 1.165) is 50.5 Å². The summed E-state index contributed by atoms with van der Waals surface area (Å²) in [7, 11) is 1.69. The largest absolute Gasteiger partial charge is 0.497 e. The number of furan rings is 1. The molecule has 0 aliphatic carbocycles. The molecule has 2 aromatic carbocycles. The van der Waals surface area contributed by atoms with Crippen LogP contribution in [0.2, 0.25) is 0 Å². The average Bonchev–Trinajstić information content (AvgIpc) is 3.28. The van der Waals surface area contributed by atoms with Gasteiger partial charge in [0, 0.05) is 26.2 Å². The summed E-state index contributed by atoms with van der Waals surface area (Å²) in [5.74, 6) is 2.11. The number of carbonyl (C=O) groups excluding carboxylic acids is 1. The van der Waals surface area contributed by atoms with Crippen molar-refractivity contribution in [2.24, 2.45) is 0 Å². The zero-order chi connectivity index (χ0) is 21.5. The molecule has 31 heavy (non-hydrogen) atoms. The minimum Gasteiger partial charge on any atom is -0.497 e. The molecular weight excluding hydrogens is 388 g/mol. The van der Waals surface area contributed by atoms with E-state index in [0.29, 0.717) is 12.3 Å². The fraction of sp³-hybridized carbons (Fsp3) is 0.346. The van der Waals surface area contributed by atoms with Gasteiger partial charge in [0.15, 0.2) is 5.76 Å². The van der Waals surface area contributed by atoms with Crippen LogP contribution >= 0.6 is 0 Å². The van der Waals surface area contributed by atoms with Crippen molar-refractivity contribution >= 4 is 5.91 Å². The zero-order valence-corrected chi connectivity index (χ0v) is 18.1. The molecule has 0 N–H and O–H groups in total. The van der Waals surface area contributed by atoms with Gasteiger partial charge in [0.25, 0.3) is 5.91 Å². The van der Waals surface area contributed by atoms with Crippen molar-refractivity contribution in [2.75, 3.05) is 20.2 Å². The predicted octanol–water partition coefficient (Wildman–Crippen LogP) is 5.12. The molecule has 1 fully saturated rings. The van der Waals surface area contributed by atoms with Gasteiger partial charge in [0.05, 0.1) is 13.7 Å². The Morgan fingerprint density at radius 2 is 1.65 bits per heavy atom. The third-order valence-corrected chi connectivity index (χ3v) is 5.68. The van der Waals surface area contributed by atoms with Crippen LogP contribution in [0.5, 0.6) is 5.75 Å². The standard InChI is InChI=1S/C26H30N2O3/c1-30-23-12-8-11-22(17-23)19-27(18-21-9-4-2-5-10-21)20-24-13-14-25(31-24)26(29)28-15-6-3-7-16-28/h2,4-5,8-14,17H,3,6-7,15-16,18-20H2,1H3. The maximum atomic E-state index is 12.8. The maximum Gasteiger partial charge on any atom is 0.289 e. The summed E-state index contributed by atoms with van der Waals surface area (Å²) in [5, 5.41) is 0. The molecule has 0 spiro atoms. The Balaban J connectivity index is 1.48. The Morgan fingerprint density at radius 1 is 0.903 bits per heavy atom. The number of ether oxygens (including phenoxy) is 1. The van der Waals surface area contributed by atoms with Crippen LogP contribution in [-0.2, 0) is 19.6 Å². The number of carbonyl (C=O) groups is 1. The van der Waals surface area contributed by atoms with Gasteiger partial charge in [-0.05, 0) is 54.7 Å². The number of methoxy groups -OCH3 is 1. The molecule has 0 radical (unpaired) electrons. The van der Waals surface area contributed by atoms with Crippen molar-refractivity contribution in [3.63, 3.8) is 0 Å². The van der Waals surface area contributed by atoms with Gasteiger partial charge in [-0.3, -0.25) is 9.69 Å². The third kappa shape index (κ3) is 5.76. The van der Waals surface area contributed by atoms with Crippen LogP contribution < -0.4 is 4.74 Å². The van der Waals surface area contributed by atoms with Gasteiger partial charge in [-0.2, -0.15) is 0 Å². The second-order valence-corrected chi connectivity index (χ2v) is 8.10. The van der Waals surface area contributed by atoms with Crippen molar-refractivity contribution in [1.82, 2.24) is 9.80 Å². The van der Waals surface area contributed by atoms with Crippen molar-refractivity contribution in [1.29, 1.82) is 0 Å². The lowest BCUT2D eigenvalue weighted by molar-refractivity contribution is 0.0687. The minimum absolute atomic E-state index is 0.00774. The summed E-state index contributed by atoms with van der Waals surface area (Å²) < 4.78 is 11.4. The molecule has 0 saturated carbocycles. The Kier molecular flexibility index (Phi) is 7.05. The molecule has 0 unspecified atom stereocenters. The predicted molar refractivity (Wildman–Crippen MR) is 121 cm³/mol. The third-order valence-electron chi connectivity index (χ3n) is 5.68. The van der Waals surface area contributed by atoms with Crippen LogP contribution in [0.25, 0.3) is 0 Å². The Labute approximate surface area is 184 Å². The molecule has 1 aromatic heterocycles. The van der Waals surface area contributed by atoms with E-state index in [-0.39, 0.29) is 5.91 Å². The van der Waals surface area contributed by atoms with Gasteiger partial charge in [-0.1, -0.05) is 42.5 Å². The normalized spacial score (nSPS) is 14.1. The van der Waals surface area contributed by atoms with Gasteiger partial charge in [0.1, 0.15) is 11.5 Å².